The standard InChI is InChI=1S/C22H21N5O2S2/c1-29-17-5-2-15(3-6-17)20-14-30-21(23-20)13-26-8-10-27(11-9-26)22(28)16-4-7-18-19(12-16)25-31-24-18/h2-7,12,14H,8-11,13H2,1H3. The number of hydrogen-bond donors (Lipinski definition) is 0. The zero-order valence-corrected chi connectivity index (χ0v) is 18.7. The zero-order chi connectivity index (χ0) is 21.2. The number of rotatable bonds is 5. The van der Waals surface area contributed by atoms with Crippen molar-refractivity contribution in [3.8, 4) is 17.0 Å². The van der Waals surface area contributed by atoms with Crippen LogP contribution in [0.2, 0.25) is 0 Å². The lowest BCUT2D eigenvalue weighted by atomic mass is 10.1. The first-order valence-electron chi connectivity index (χ1n) is 10.0. The van der Waals surface area contributed by atoms with Crippen molar-refractivity contribution in [3.05, 3.63) is 58.4 Å². The van der Waals surface area contributed by atoms with Crippen LogP contribution in [0.3, 0.4) is 0 Å². The Morgan fingerprint density at radius 2 is 1.81 bits per heavy atom. The summed E-state index contributed by atoms with van der Waals surface area (Å²) in [4.78, 5) is 22.0. The average Bonchev–Trinajstić information content (AvgIpc) is 3.48. The Labute approximate surface area is 188 Å². The largest absolute Gasteiger partial charge is 0.497 e. The van der Waals surface area contributed by atoms with Crippen molar-refractivity contribution in [1.29, 1.82) is 0 Å². The van der Waals surface area contributed by atoms with Crippen LogP contribution in [0.15, 0.2) is 47.8 Å². The van der Waals surface area contributed by atoms with Gasteiger partial charge in [-0.15, -0.1) is 11.3 Å². The van der Waals surface area contributed by atoms with E-state index in [9.17, 15) is 4.79 Å². The summed E-state index contributed by atoms with van der Waals surface area (Å²) in [5.41, 5.74) is 4.38. The molecule has 4 aromatic rings. The molecule has 0 unspecified atom stereocenters. The molecule has 0 radical (unpaired) electrons. The van der Waals surface area contributed by atoms with E-state index in [1.54, 1.807) is 18.4 Å². The number of benzene rings is 2. The van der Waals surface area contributed by atoms with Crippen LogP contribution >= 0.6 is 23.1 Å². The van der Waals surface area contributed by atoms with Crippen LogP contribution < -0.4 is 4.74 Å². The van der Waals surface area contributed by atoms with E-state index in [1.807, 2.05) is 47.4 Å². The molecule has 5 rings (SSSR count). The first-order valence-corrected chi connectivity index (χ1v) is 11.6. The molecule has 31 heavy (non-hydrogen) atoms. The number of thiazole rings is 1. The van der Waals surface area contributed by atoms with Gasteiger partial charge >= 0.3 is 0 Å². The predicted octanol–water partition coefficient (Wildman–Crippen LogP) is 3.78. The third-order valence-corrected chi connectivity index (χ3v) is 6.85. The van der Waals surface area contributed by atoms with Gasteiger partial charge in [-0.3, -0.25) is 9.69 Å². The minimum atomic E-state index is 0.0607. The highest BCUT2D eigenvalue weighted by Crippen LogP contribution is 2.25. The maximum absolute atomic E-state index is 12.9. The SMILES string of the molecule is COc1ccc(-c2csc(CN3CCN(C(=O)c4ccc5nsnc5c4)CC3)n2)cc1. The van der Waals surface area contributed by atoms with E-state index in [1.165, 1.54) is 11.7 Å². The van der Waals surface area contributed by atoms with Crippen molar-refractivity contribution in [2.45, 2.75) is 6.54 Å². The van der Waals surface area contributed by atoms with E-state index in [4.69, 9.17) is 9.72 Å². The Morgan fingerprint density at radius 3 is 2.58 bits per heavy atom. The second-order valence-corrected chi connectivity index (χ2v) is 8.86. The van der Waals surface area contributed by atoms with Crippen LogP contribution in [0.5, 0.6) is 5.75 Å². The molecule has 0 saturated carbocycles. The lowest BCUT2D eigenvalue weighted by molar-refractivity contribution is 0.0628. The minimum absolute atomic E-state index is 0.0607. The molecular formula is C22H21N5O2S2. The van der Waals surface area contributed by atoms with Crippen molar-refractivity contribution in [2.24, 2.45) is 0 Å². The molecule has 1 aliphatic rings. The maximum Gasteiger partial charge on any atom is 0.254 e. The van der Waals surface area contributed by atoms with Gasteiger partial charge in [-0.25, -0.2) is 4.98 Å². The molecule has 2 aromatic carbocycles. The monoisotopic (exact) mass is 451 g/mol. The number of carbonyl (C=O) groups excluding carboxylic acids is 1. The molecule has 7 nitrogen and oxygen atoms in total. The van der Waals surface area contributed by atoms with E-state index in [0.29, 0.717) is 18.7 Å². The summed E-state index contributed by atoms with van der Waals surface area (Å²) in [6.07, 6.45) is 0. The maximum atomic E-state index is 12.9. The van der Waals surface area contributed by atoms with Gasteiger partial charge in [-0.1, -0.05) is 0 Å². The van der Waals surface area contributed by atoms with Crippen molar-refractivity contribution in [3.63, 3.8) is 0 Å². The molecule has 0 spiro atoms. The molecule has 1 amide bonds. The molecule has 1 aliphatic heterocycles. The summed E-state index contributed by atoms with van der Waals surface area (Å²) in [6, 6.07) is 13.5. The lowest BCUT2D eigenvalue weighted by Crippen LogP contribution is -2.48. The molecule has 1 fully saturated rings. The van der Waals surface area contributed by atoms with Crippen molar-refractivity contribution < 1.29 is 9.53 Å². The molecule has 0 atom stereocenters. The summed E-state index contributed by atoms with van der Waals surface area (Å²) >= 11 is 2.85. The zero-order valence-electron chi connectivity index (χ0n) is 17.0. The number of carbonyl (C=O) groups is 1. The predicted molar refractivity (Wildman–Crippen MR) is 123 cm³/mol. The van der Waals surface area contributed by atoms with E-state index in [0.717, 1.165) is 52.7 Å². The highest BCUT2D eigenvalue weighted by Gasteiger charge is 2.23. The summed E-state index contributed by atoms with van der Waals surface area (Å²) in [6.45, 7) is 3.90. The first kappa shape index (κ1) is 20.0. The molecule has 2 aromatic heterocycles. The van der Waals surface area contributed by atoms with Crippen LogP contribution in [0.4, 0.5) is 0 Å². The van der Waals surface area contributed by atoms with Gasteiger partial charge < -0.3 is 9.64 Å². The number of hydrogen-bond acceptors (Lipinski definition) is 8. The highest BCUT2D eigenvalue weighted by molar-refractivity contribution is 7.09. The molecule has 3 heterocycles. The number of methoxy groups -OCH3 is 1. The van der Waals surface area contributed by atoms with Gasteiger partial charge in [-0.05, 0) is 42.5 Å². The lowest BCUT2D eigenvalue weighted by Gasteiger charge is -2.34. The average molecular weight is 452 g/mol. The fourth-order valence-corrected chi connectivity index (χ4v) is 5.04. The van der Waals surface area contributed by atoms with Crippen molar-refractivity contribution in [2.75, 3.05) is 33.3 Å². The summed E-state index contributed by atoms with van der Waals surface area (Å²) in [7, 11) is 1.67. The van der Waals surface area contributed by atoms with Gasteiger partial charge in [0.05, 0.1) is 31.1 Å². The Bertz CT molecular complexity index is 1200. The Morgan fingerprint density at radius 1 is 1.03 bits per heavy atom. The second-order valence-electron chi connectivity index (χ2n) is 7.39. The van der Waals surface area contributed by atoms with Gasteiger partial charge in [0.2, 0.25) is 0 Å². The fourth-order valence-electron chi connectivity index (χ4n) is 3.68. The number of aromatic nitrogens is 3. The van der Waals surface area contributed by atoms with Crippen LogP contribution in [-0.4, -0.2) is 62.7 Å². The molecule has 0 N–H and O–H groups in total. The molecule has 1 saturated heterocycles. The topological polar surface area (TPSA) is 71.5 Å². The van der Waals surface area contributed by atoms with Gasteiger partial charge in [-0.2, -0.15) is 8.75 Å². The number of nitrogens with zero attached hydrogens (tertiary/aromatic N) is 5. The van der Waals surface area contributed by atoms with E-state index < -0.39 is 0 Å². The normalized spacial score (nSPS) is 14.8. The van der Waals surface area contributed by atoms with Gasteiger partial charge in [0.25, 0.3) is 5.91 Å². The highest BCUT2D eigenvalue weighted by atomic mass is 32.1. The van der Waals surface area contributed by atoms with Crippen LogP contribution in [0.25, 0.3) is 22.3 Å². The smallest absolute Gasteiger partial charge is 0.254 e. The van der Waals surface area contributed by atoms with Crippen molar-refractivity contribution >= 4 is 40.0 Å². The molecule has 0 bridgehead atoms. The third-order valence-electron chi connectivity index (χ3n) is 5.46. The molecule has 0 aliphatic carbocycles. The van der Waals surface area contributed by atoms with Gasteiger partial charge in [0.1, 0.15) is 21.8 Å². The molecule has 158 valence electrons. The minimum Gasteiger partial charge on any atom is -0.497 e. The number of fused-ring (bicyclic) bond motifs is 1. The van der Waals surface area contributed by atoms with E-state index in [-0.39, 0.29) is 5.91 Å². The Hall–Kier alpha value is -2.88. The number of amides is 1. The number of piperazine rings is 1. The summed E-state index contributed by atoms with van der Waals surface area (Å²) < 4.78 is 13.7. The Balaban J connectivity index is 1.18. The molecule has 9 heteroatoms. The van der Waals surface area contributed by atoms with E-state index in [2.05, 4.69) is 19.0 Å². The van der Waals surface area contributed by atoms with Crippen LogP contribution in [0.1, 0.15) is 15.4 Å². The third kappa shape index (κ3) is 4.30. The second kappa shape index (κ2) is 8.70. The quantitative estimate of drug-likeness (QED) is 0.460. The van der Waals surface area contributed by atoms with Gasteiger partial charge in [0, 0.05) is 42.7 Å². The first-order chi connectivity index (χ1) is 15.2. The van der Waals surface area contributed by atoms with Gasteiger partial charge in [0.15, 0.2) is 0 Å². The summed E-state index contributed by atoms with van der Waals surface area (Å²) in [5, 5.41) is 3.19. The Kier molecular flexibility index (Phi) is 5.63. The van der Waals surface area contributed by atoms with E-state index >= 15 is 0 Å². The van der Waals surface area contributed by atoms with Crippen LogP contribution in [0, 0.1) is 0 Å². The fraction of sp³-hybridized carbons (Fsp3) is 0.273. The summed E-state index contributed by atoms with van der Waals surface area (Å²) in [5.74, 6) is 0.903. The molecular weight excluding hydrogens is 430 g/mol. The van der Waals surface area contributed by atoms with Crippen molar-refractivity contribution in [1.82, 2.24) is 23.5 Å². The van der Waals surface area contributed by atoms with Crippen LogP contribution in [-0.2, 0) is 6.54 Å². The number of ether oxygens (including phenoxy) is 1.